The molecule has 0 fully saturated rings. The fourth-order valence-corrected chi connectivity index (χ4v) is 4.35. The molecule has 5 nitrogen and oxygen atoms in total. The molecule has 2 rings (SSSR count). The van der Waals surface area contributed by atoms with Gasteiger partial charge in [-0.05, 0) is 23.6 Å². The predicted octanol–water partition coefficient (Wildman–Crippen LogP) is 2.38. The van der Waals surface area contributed by atoms with E-state index in [4.69, 9.17) is 21.4 Å². The van der Waals surface area contributed by atoms with Crippen LogP contribution in [0.15, 0.2) is 34.5 Å². The van der Waals surface area contributed by atoms with E-state index in [0.29, 0.717) is 21.2 Å². The smallest absolute Gasteiger partial charge is 0.242 e. The first kappa shape index (κ1) is 16.3. The molecule has 0 aliphatic rings. The van der Waals surface area contributed by atoms with Crippen LogP contribution in [0, 0.1) is 0 Å². The molecule has 2 aromatic rings. The zero-order valence-corrected chi connectivity index (χ0v) is 13.6. The van der Waals surface area contributed by atoms with Crippen molar-refractivity contribution < 1.29 is 18.3 Å². The monoisotopic (exact) mass is 347 g/mol. The van der Waals surface area contributed by atoms with E-state index in [1.807, 2.05) is 0 Å². The van der Waals surface area contributed by atoms with Gasteiger partial charge in [-0.2, -0.15) is 0 Å². The summed E-state index contributed by atoms with van der Waals surface area (Å²) in [6.45, 7) is -0.310. The van der Waals surface area contributed by atoms with Crippen molar-refractivity contribution >= 4 is 33.0 Å². The average molecular weight is 348 g/mol. The van der Waals surface area contributed by atoms with E-state index in [1.165, 1.54) is 24.5 Å². The van der Waals surface area contributed by atoms with Crippen LogP contribution in [0.4, 0.5) is 0 Å². The van der Waals surface area contributed by atoms with Crippen molar-refractivity contribution in [1.82, 2.24) is 4.72 Å². The molecule has 0 aliphatic carbocycles. The Labute approximate surface area is 132 Å². The Kier molecular flexibility index (Phi) is 5.23. The molecular formula is C13H14ClNO4S2. The highest BCUT2D eigenvalue weighted by Gasteiger charge is 2.20. The Morgan fingerprint density at radius 2 is 2.14 bits per heavy atom. The van der Waals surface area contributed by atoms with Gasteiger partial charge < -0.3 is 9.84 Å². The number of rotatable bonds is 6. The second-order valence-electron chi connectivity index (χ2n) is 4.11. The highest BCUT2D eigenvalue weighted by atomic mass is 35.5. The van der Waals surface area contributed by atoms with Gasteiger partial charge in [0.25, 0.3) is 0 Å². The molecule has 0 aliphatic heterocycles. The van der Waals surface area contributed by atoms with Crippen LogP contribution in [0.1, 0.15) is 10.4 Å². The molecular weight excluding hydrogens is 334 g/mol. The summed E-state index contributed by atoms with van der Waals surface area (Å²) in [5, 5.41) is 11.2. The third kappa shape index (κ3) is 3.56. The molecule has 1 aromatic heterocycles. The maximum absolute atomic E-state index is 12.3. The summed E-state index contributed by atoms with van der Waals surface area (Å²) in [7, 11) is -2.22. The second kappa shape index (κ2) is 6.76. The van der Waals surface area contributed by atoms with E-state index >= 15 is 0 Å². The van der Waals surface area contributed by atoms with Crippen LogP contribution in [0.2, 0.25) is 5.02 Å². The number of hydrogen-bond donors (Lipinski definition) is 2. The summed E-state index contributed by atoms with van der Waals surface area (Å²) < 4.78 is 32.2. The van der Waals surface area contributed by atoms with Crippen LogP contribution >= 0.6 is 22.9 Å². The van der Waals surface area contributed by atoms with Crippen molar-refractivity contribution in [1.29, 1.82) is 0 Å². The van der Waals surface area contributed by atoms with Crippen LogP contribution in [0.25, 0.3) is 0 Å². The molecule has 0 unspecified atom stereocenters. The number of hydrogen-bond acceptors (Lipinski definition) is 5. The number of aliphatic hydroxyl groups is 1. The molecule has 0 radical (unpaired) electrons. The summed E-state index contributed by atoms with van der Waals surface area (Å²) in [6.07, 6.45) is 0. The molecule has 1 heterocycles. The van der Waals surface area contributed by atoms with Crippen LogP contribution in [-0.2, 0) is 23.2 Å². The third-order valence-corrected chi connectivity index (χ3v) is 5.75. The van der Waals surface area contributed by atoms with Gasteiger partial charge in [-0.15, -0.1) is 11.3 Å². The molecule has 0 saturated heterocycles. The fraction of sp³-hybridized carbons (Fsp3) is 0.231. The van der Waals surface area contributed by atoms with Crippen molar-refractivity contribution in [2.45, 2.75) is 18.0 Å². The lowest BCUT2D eigenvalue weighted by atomic mass is 10.2. The number of ether oxygens (including phenoxy) is 1. The minimum Gasteiger partial charge on any atom is -0.496 e. The van der Waals surface area contributed by atoms with Gasteiger partial charge in [-0.25, -0.2) is 13.1 Å². The van der Waals surface area contributed by atoms with Gasteiger partial charge in [0.2, 0.25) is 10.0 Å². The summed E-state index contributed by atoms with van der Waals surface area (Å²) in [6, 6.07) is 6.56. The maximum Gasteiger partial charge on any atom is 0.242 e. The molecule has 114 valence electrons. The van der Waals surface area contributed by atoms with E-state index in [0.717, 1.165) is 0 Å². The van der Waals surface area contributed by atoms with Gasteiger partial charge >= 0.3 is 0 Å². The van der Waals surface area contributed by atoms with E-state index in [-0.39, 0.29) is 18.0 Å². The first-order valence-electron chi connectivity index (χ1n) is 5.98. The maximum atomic E-state index is 12.3. The van der Waals surface area contributed by atoms with E-state index < -0.39 is 10.0 Å². The molecule has 0 atom stereocenters. The number of aliphatic hydroxyl groups excluding tert-OH is 1. The molecule has 0 bridgehead atoms. The minimum absolute atomic E-state index is 0.00585. The number of sulfonamides is 1. The Hall–Kier alpha value is -1.12. The summed E-state index contributed by atoms with van der Waals surface area (Å²) in [5.74, 6) is 0.512. The average Bonchev–Trinajstić information content (AvgIpc) is 2.95. The first-order valence-corrected chi connectivity index (χ1v) is 8.72. The topological polar surface area (TPSA) is 75.6 Å². The molecule has 0 saturated carbocycles. The van der Waals surface area contributed by atoms with Crippen molar-refractivity contribution in [2.75, 3.05) is 7.11 Å². The van der Waals surface area contributed by atoms with Gasteiger partial charge in [0.1, 0.15) is 5.75 Å². The minimum atomic E-state index is -3.71. The Morgan fingerprint density at radius 1 is 1.38 bits per heavy atom. The van der Waals surface area contributed by atoms with Crippen molar-refractivity contribution in [3.8, 4) is 5.75 Å². The van der Waals surface area contributed by atoms with E-state index in [2.05, 4.69) is 4.72 Å². The van der Waals surface area contributed by atoms with Crippen LogP contribution in [0.3, 0.4) is 0 Å². The lowest BCUT2D eigenvalue weighted by molar-refractivity contribution is 0.282. The molecule has 0 amide bonds. The molecule has 8 heteroatoms. The fourth-order valence-electron chi connectivity index (χ4n) is 1.83. The Balaban J connectivity index is 2.24. The van der Waals surface area contributed by atoms with Gasteiger partial charge in [-0.3, -0.25) is 0 Å². The summed E-state index contributed by atoms with van der Waals surface area (Å²) in [5.41, 5.74) is 0.561. The normalized spacial score (nSPS) is 11.6. The SMILES string of the molecule is COc1cccc(Cl)c1CNS(=O)(=O)c1ccsc1CO. The van der Waals surface area contributed by atoms with Crippen LogP contribution in [-0.4, -0.2) is 20.6 Å². The molecule has 1 aromatic carbocycles. The van der Waals surface area contributed by atoms with E-state index in [1.54, 1.807) is 23.6 Å². The van der Waals surface area contributed by atoms with Gasteiger partial charge in [0.15, 0.2) is 0 Å². The quantitative estimate of drug-likeness (QED) is 0.841. The predicted molar refractivity (Wildman–Crippen MR) is 82.3 cm³/mol. The van der Waals surface area contributed by atoms with Gasteiger partial charge in [0, 0.05) is 22.0 Å². The molecule has 0 spiro atoms. The van der Waals surface area contributed by atoms with Gasteiger partial charge in [-0.1, -0.05) is 17.7 Å². The number of nitrogens with one attached hydrogen (secondary N) is 1. The largest absolute Gasteiger partial charge is 0.496 e. The van der Waals surface area contributed by atoms with Crippen molar-refractivity contribution in [3.05, 3.63) is 45.1 Å². The lowest BCUT2D eigenvalue weighted by Crippen LogP contribution is -2.24. The second-order valence-corrected chi connectivity index (χ2v) is 7.25. The molecule has 2 N–H and O–H groups in total. The van der Waals surface area contributed by atoms with E-state index in [9.17, 15) is 8.42 Å². The van der Waals surface area contributed by atoms with Crippen LogP contribution < -0.4 is 9.46 Å². The summed E-state index contributed by atoms with van der Waals surface area (Å²) in [4.78, 5) is 0.481. The van der Waals surface area contributed by atoms with Crippen molar-refractivity contribution in [2.24, 2.45) is 0 Å². The molecule has 21 heavy (non-hydrogen) atoms. The van der Waals surface area contributed by atoms with Crippen LogP contribution in [0.5, 0.6) is 5.75 Å². The van der Waals surface area contributed by atoms with Crippen molar-refractivity contribution in [3.63, 3.8) is 0 Å². The number of methoxy groups -OCH3 is 1. The standard InChI is InChI=1S/C13H14ClNO4S2/c1-19-11-4-2-3-10(14)9(11)7-15-21(17,18)13-5-6-20-12(13)8-16/h2-6,15-16H,7-8H2,1H3. The number of thiophene rings is 1. The number of benzene rings is 1. The zero-order valence-electron chi connectivity index (χ0n) is 11.2. The Bertz CT molecular complexity index is 728. The Morgan fingerprint density at radius 3 is 2.81 bits per heavy atom. The third-order valence-electron chi connectivity index (χ3n) is 2.87. The summed E-state index contributed by atoms with van der Waals surface area (Å²) >= 11 is 7.26. The number of halogens is 1. The first-order chi connectivity index (χ1) is 9.99. The zero-order chi connectivity index (χ0) is 15.5. The highest BCUT2D eigenvalue weighted by Crippen LogP contribution is 2.27. The van der Waals surface area contributed by atoms with Gasteiger partial charge in [0.05, 0.1) is 18.6 Å². The highest BCUT2D eigenvalue weighted by molar-refractivity contribution is 7.89. The lowest BCUT2D eigenvalue weighted by Gasteiger charge is -2.12.